The minimum Gasteiger partial charge on any atom is -0.301 e. The Bertz CT molecular complexity index is 812. The molecule has 6 heteroatoms. The molecule has 0 spiro atoms. The number of hydrogen-bond donors (Lipinski definition) is 0. The van der Waals surface area contributed by atoms with E-state index in [0.717, 1.165) is 45.3 Å². The molecule has 2 aliphatic heterocycles. The highest BCUT2D eigenvalue weighted by Gasteiger charge is 2.33. The fourth-order valence-corrected chi connectivity index (χ4v) is 5.14. The molecule has 0 N–H and O–H groups in total. The lowest BCUT2D eigenvalue weighted by Crippen LogP contribution is -2.40. The number of Topliss-reactive ketones (excluding diaryl/α,β-unsaturated/α-hetero) is 1. The summed E-state index contributed by atoms with van der Waals surface area (Å²) >= 11 is 1.67. The van der Waals surface area contributed by atoms with Crippen molar-refractivity contribution in [3.8, 4) is 0 Å². The van der Waals surface area contributed by atoms with E-state index in [4.69, 9.17) is 0 Å². The van der Waals surface area contributed by atoms with Gasteiger partial charge in [-0.2, -0.15) is 0 Å². The van der Waals surface area contributed by atoms with Crippen LogP contribution in [-0.2, 0) is 11.3 Å². The Morgan fingerprint density at radius 2 is 1.93 bits per heavy atom. The Labute approximate surface area is 162 Å². The zero-order valence-corrected chi connectivity index (χ0v) is 16.0. The van der Waals surface area contributed by atoms with Gasteiger partial charge in [0, 0.05) is 23.5 Å². The Kier molecular flexibility index (Phi) is 5.48. The van der Waals surface area contributed by atoms with Crippen molar-refractivity contribution in [2.75, 3.05) is 26.2 Å². The molecular formula is C21H23FN2O2S. The summed E-state index contributed by atoms with van der Waals surface area (Å²) in [7, 11) is 0. The molecule has 1 unspecified atom stereocenters. The zero-order chi connectivity index (χ0) is 18.8. The van der Waals surface area contributed by atoms with Gasteiger partial charge in [0.2, 0.25) is 0 Å². The number of hydrogen-bond acceptors (Lipinski definition) is 5. The van der Waals surface area contributed by atoms with E-state index in [2.05, 4.69) is 21.2 Å². The van der Waals surface area contributed by atoms with Crippen molar-refractivity contribution in [3.63, 3.8) is 0 Å². The van der Waals surface area contributed by atoms with Crippen molar-refractivity contribution in [2.45, 2.75) is 25.4 Å². The number of aldehydes is 1. The molecule has 4 rings (SSSR count). The summed E-state index contributed by atoms with van der Waals surface area (Å²) in [5.74, 6) is 0.273. The Balaban J connectivity index is 1.27. The van der Waals surface area contributed by atoms with Crippen LogP contribution >= 0.6 is 11.3 Å². The van der Waals surface area contributed by atoms with Crippen molar-refractivity contribution in [1.82, 2.24) is 9.80 Å². The van der Waals surface area contributed by atoms with Crippen molar-refractivity contribution in [2.24, 2.45) is 5.92 Å². The second-order valence-electron chi connectivity index (χ2n) is 7.47. The third-order valence-corrected chi connectivity index (χ3v) is 6.71. The number of carbonyl (C=O) groups is 2. The summed E-state index contributed by atoms with van der Waals surface area (Å²) < 4.78 is 13.0. The lowest BCUT2D eigenvalue weighted by molar-refractivity contribution is -0.112. The van der Waals surface area contributed by atoms with Gasteiger partial charge in [-0.05, 0) is 73.1 Å². The molecule has 3 heterocycles. The fourth-order valence-electron chi connectivity index (χ4n) is 4.14. The van der Waals surface area contributed by atoms with E-state index in [1.54, 1.807) is 23.5 Å². The van der Waals surface area contributed by atoms with Crippen LogP contribution in [0.15, 0.2) is 35.7 Å². The molecule has 1 aromatic carbocycles. The number of benzene rings is 1. The highest BCUT2D eigenvalue weighted by atomic mass is 32.1. The number of thiophene rings is 1. The van der Waals surface area contributed by atoms with Gasteiger partial charge in [0.05, 0.1) is 6.54 Å². The molecule has 0 bridgehead atoms. The Morgan fingerprint density at radius 3 is 2.63 bits per heavy atom. The molecule has 0 amide bonds. The number of rotatable bonds is 6. The minimum atomic E-state index is -0.322. The Hall–Kier alpha value is -1.89. The van der Waals surface area contributed by atoms with Crippen molar-refractivity contribution in [1.29, 1.82) is 0 Å². The molecule has 1 atom stereocenters. The third kappa shape index (κ3) is 4.03. The first-order valence-corrected chi connectivity index (χ1v) is 10.3. The predicted molar refractivity (Wildman–Crippen MR) is 103 cm³/mol. The second kappa shape index (κ2) is 8.00. The summed E-state index contributed by atoms with van der Waals surface area (Å²) in [4.78, 5) is 29.6. The fraction of sp³-hybridized carbons (Fsp3) is 0.429. The standard InChI is InChI=1S/C21H23FN2O2S/c22-18-3-1-16(2-4-18)20(26)13-23-8-5-15(6-9-23)11-24-12-17-7-10-27-21(17)19(24)14-25/h1-4,7,10,14-15,19H,5-6,8-9,11-13H2. The van der Waals surface area contributed by atoms with E-state index in [9.17, 15) is 14.0 Å². The lowest BCUT2D eigenvalue weighted by Gasteiger charge is -2.34. The molecule has 1 saturated heterocycles. The number of likely N-dealkylation sites (tertiary alicyclic amines) is 1. The average Bonchev–Trinajstić information content (AvgIpc) is 3.24. The molecular weight excluding hydrogens is 363 g/mol. The third-order valence-electron chi connectivity index (χ3n) is 5.68. The van der Waals surface area contributed by atoms with E-state index < -0.39 is 0 Å². The molecule has 0 radical (unpaired) electrons. The van der Waals surface area contributed by atoms with Gasteiger partial charge >= 0.3 is 0 Å². The molecule has 27 heavy (non-hydrogen) atoms. The van der Waals surface area contributed by atoms with Crippen LogP contribution in [0.2, 0.25) is 0 Å². The van der Waals surface area contributed by atoms with E-state index >= 15 is 0 Å². The summed E-state index contributed by atoms with van der Waals surface area (Å²) in [5.41, 5.74) is 1.86. The molecule has 0 aliphatic carbocycles. The number of carbonyl (C=O) groups excluding carboxylic acids is 2. The van der Waals surface area contributed by atoms with Crippen molar-refractivity contribution in [3.05, 3.63) is 57.5 Å². The van der Waals surface area contributed by atoms with Crippen LogP contribution < -0.4 is 0 Å². The number of halogens is 1. The van der Waals surface area contributed by atoms with E-state index in [1.807, 2.05) is 0 Å². The molecule has 142 valence electrons. The average molecular weight is 386 g/mol. The first-order valence-electron chi connectivity index (χ1n) is 9.41. The highest BCUT2D eigenvalue weighted by molar-refractivity contribution is 7.10. The lowest BCUT2D eigenvalue weighted by atomic mass is 9.95. The van der Waals surface area contributed by atoms with Crippen LogP contribution in [0.5, 0.6) is 0 Å². The van der Waals surface area contributed by atoms with Crippen molar-refractivity contribution < 1.29 is 14.0 Å². The molecule has 4 nitrogen and oxygen atoms in total. The molecule has 0 saturated carbocycles. The van der Waals surface area contributed by atoms with Crippen LogP contribution in [0.25, 0.3) is 0 Å². The minimum absolute atomic E-state index is 0.0402. The topological polar surface area (TPSA) is 40.6 Å². The van der Waals surface area contributed by atoms with Crippen LogP contribution in [0, 0.1) is 11.7 Å². The van der Waals surface area contributed by atoms with Gasteiger partial charge in [0.1, 0.15) is 18.1 Å². The number of piperidine rings is 1. The van der Waals surface area contributed by atoms with Crippen molar-refractivity contribution >= 4 is 23.4 Å². The van der Waals surface area contributed by atoms with Gasteiger partial charge in [-0.3, -0.25) is 14.6 Å². The van der Waals surface area contributed by atoms with E-state index in [-0.39, 0.29) is 17.6 Å². The largest absolute Gasteiger partial charge is 0.301 e. The molecule has 1 aromatic heterocycles. The number of nitrogens with zero attached hydrogens (tertiary/aromatic N) is 2. The Morgan fingerprint density at radius 1 is 1.19 bits per heavy atom. The van der Waals surface area contributed by atoms with Crippen LogP contribution in [-0.4, -0.2) is 48.0 Å². The SMILES string of the molecule is O=CC1c2sccc2CN1CC1CCN(CC(=O)c2ccc(F)cc2)CC1. The van der Waals surface area contributed by atoms with Gasteiger partial charge in [-0.25, -0.2) is 4.39 Å². The quantitative estimate of drug-likeness (QED) is 0.562. The van der Waals surface area contributed by atoms with E-state index in [1.165, 1.54) is 22.6 Å². The summed E-state index contributed by atoms with van der Waals surface area (Å²) in [5, 5.41) is 2.06. The second-order valence-corrected chi connectivity index (χ2v) is 8.42. The smallest absolute Gasteiger partial charge is 0.176 e. The van der Waals surface area contributed by atoms with Gasteiger partial charge in [0.15, 0.2) is 5.78 Å². The monoisotopic (exact) mass is 386 g/mol. The predicted octanol–water partition coefficient (Wildman–Crippen LogP) is 3.54. The van der Waals surface area contributed by atoms with Gasteiger partial charge < -0.3 is 4.79 Å². The van der Waals surface area contributed by atoms with Gasteiger partial charge in [-0.1, -0.05) is 0 Å². The first-order chi connectivity index (χ1) is 13.1. The maximum Gasteiger partial charge on any atom is 0.176 e. The van der Waals surface area contributed by atoms with Crippen LogP contribution in [0.4, 0.5) is 4.39 Å². The summed E-state index contributed by atoms with van der Waals surface area (Å²) in [6.45, 7) is 3.96. The zero-order valence-electron chi connectivity index (χ0n) is 15.1. The maximum absolute atomic E-state index is 13.0. The van der Waals surface area contributed by atoms with E-state index in [0.29, 0.717) is 18.0 Å². The number of ketones is 1. The van der Waals surface area contributed by atoms with Gasteiger partial charge in [0.25, 0.3) is 0 Å². The summed E-state index contributed by atoms with van der Waals surface area (Å²) in [6, 6.07) is 7.81. The normalized spacial score (nSPS) is 21.3. The van der Waals surface area contributed by atoms with Gasteiger partial charge in [-0.15, -0.1) is 11.3 Å². The molecule has 2 aliphatic rings. The molecule has 1 fully saturated rings. The maximum atomic E-state index is 13.0. The molecule has 2 aromatic rings. The summed E-state index contributed by atoms with van der Waals surface area (Å²) in [6.07, 6.45) is 3.14. The number of fused-ring (bicyclic) bond motifs is 1. The van der Waals surface area contributed by atoms with Crippen LogP contribution in [0.3, 0.4) is 0 Å². The first kappa shape index (κ1) is 18.5. The van der Waals surface area contributed by atoms with Crippen LogP contribution in [0.1, 0.15) is 39.7 Å². The highest BCUT2D eigenvalue weighted by Crippen LogP contribution is 2.37.